The van der Waals surface area contributed by atoms with Crippen LogP contribution >= 0.6 is 0 Å². The number of aliphatic carboxylic acids is 1. The first-order valence-corrected chi connectivity index (χ1v) is 5.96. The van der Waals surface area contributed by atoms with Gasteiger partial charge in [0.25, 0.3) is 5.91 Å². The van der Waals surface area contributed by atoms with E-state index >= 15 is 0 Å². The predicted octanol–water partition coefficient (Wildman–Crippen LogP) is 1.26. The highest BCUT2D eigenvalue weighted by molar-refractivity contribution is 5.99. The van der Waals surface area contributed by atoms with Gasteiger partial charge in [0.15, 0.2) is 0 Å². The van der Waals surface area contributed by atoms with E-state index in [9.17, 15) is 9.59 Å². The van der Waals surface area contributed by atoms with Gasteiger partial charge < -0.3 is 20.9 Å². The number of rotatable bonds is 6. The Hall–Kier alpha value is -2.24. The van der Waals surface area contributed by atoms with E-state index in [0.717, 1.165) is 0 Å². The number of benzene rings is 1. The number of amides is 1. The molecule has 1 amide bonds. The Kier molecular flexibility index (Phi) is 5.17. The van der Waals surface area contributed by atoms with Crippen molar-refractivity contribution in [1.29, 1.82) is 0 Å². The number of methoxy groups -OCH3 is 1. The molecule has 6 nitrogen and oxygen atoms in total. The number of hydrogen-bond donors (Lipinski definition) is 3. The Bertz CT molecular complexity index is 474. The van der Waals surface area contributed by atoms with E-state index in [4.69, 9.17) is 15.6 Å². The van der Waals surface area contributed by atoms with E-state index < -0.39 is 17.9 Å². The van der Waals surface area contributed by atoms with Crippen molar-refractivity contribution in [3.8, 4) is 5.75 Å². The van der Waals surface area contributed by atoms with Crippen LogP contribution in [0.3, 0.4) is 0 Å². The highest BCUT2D eigenvalue weighted by Crippen LogP contribution is 2.21. The monoisotopic (exact) mass is 266 g/mol. The number of hydrogen-bond acceptors (Lipinski definition) is 4. The molecule has 4 N–H and O–H groups in total. The standard InChI is InChI=1S/C13H18N2O4/c1-3-4-10(13(17)18)15-12(16)9-6-5-8(14)7-11(9)19-2/h5-7,10H,3-4,14H2,1-2H3,(H,15,16)(H,17,18). The van der Waals surface area contributed by atoms with Crippen molar-refractivity contribution in [3.63, 3.8) is 0 Å². The lowest BCUT2D eigenvalue weighted by molar-refractivity contribution is -0.139. The number of nitrogens with two attached hydrogens (primary N) is 1. The molecular formula is C13H18N2O4. The Labute approximate surface area is 111 Å². The fraction of sp³-hybridized carbons (Fsp3) is 0.385. The number of ether oxygens (including phenoxy) is 1. The molecule has 0 aliphatic carbocycles. The van der Waals surface area contributed by atoms with Crippen LogP contribution in [0.4, 0.5) is 5.69 Å². The summed E-state index contributed by atoms with van der Waals surface area (Å²) in [5.41, 5.74) is 6.33. The van der Waals surface area contributed by atoms with Crippen LogP contribution in [0.5, 0.6) is 5.75 Å². The van der Waals surface area contributed by atoms with Gasteiger partial charge in [0, 0.05) is 11.8 Å². The Morgan fingerprint density at radius 3 is 2.68 bits per heavy atom. The highest BCUT2D eigenvalue weighted by atomic mass is 16.5. The third kappa shape index (κ3) is 3.87. The van der Waals surface area contributed by atoms with Gasteiger partial charge in [-0.25, -0.2) is 4.79 Å². The molecule has 104 valence electrons. The lowest BCUT2D eigenvalue weighted by Gasteiger charge is -2.15. The summed E-state index contributed by atoms with van der Waals surface area (Å²) in [4.78, 5) is 23.0. The molecule has 1 atom stereocenters. The fourth-order valence-corrected chi connectivity index (χ4v) is 1.68. The van der Waals surface area contributed by atoms with Crippen molar-refractivity contribution in [3.05, 3.63) is 23.8 Å². The molecule has 0 heterocycles. The van der Waals surface area contributed by atoms with Crippen LogP contribution in [0.2, 0.25) is 0 Å². The topological polar surface area (TPSA) is 102 Å². The molecule has 0 aliphatic rings. The third-order valence-corrected chi connectivity index (χ3v) is 2.65. The zero-order valence-electron chi connectivity index (χ0n) is 11.0. The number of nitrogens with one attached hydrogen (secondary N) is 1. The lowest BCUT2D eigenvalue weighted by atomic mass is 10.1. The average Bonchev–Trinajstić information content (AvgIpc) is 2.37. The van der Waals surface area contributed by atoms with Crippen molar-refractivity contribution in [2.75, 3.05) is 12.8 Å². The highest BCUT2D eigenvalue weighted by Gasteiger charge is 2.21. The minimum absolute atomic E-state index is 0.263. The second-order valence-corrected chi connectivity index (χ2v) is 4.11. The summed E-state index contributed by atoms with van der Waals surface area (Å²) in [6.45, 7) is 1.85. The molecule has 1 rings (SSSR count). The van der Waals surface area contributed by atoms with Crippen molar-refractivity contribution < 1.29 is 19.4 Å². The molecule has 1 aromatic carbocycles. The van der Waals surface area contributed by atoms with Crippen LogP contribution in [0.1, 0.15) is 30.1 Å². The van der Waals surface area contributed by atoms with Gasteiger partial charge in [-0.3, -0.25) is 4.79 Å². The number of nitrogen functional groups attached to an aromatic ring is 1. The van der Waals surface area contributed by atoms with Crippen LogP contribution in [-0.2, 0) is 4.79 Å². The third-order valence-electron chi connectivity index (χ3n) is 2.65. The molecule has 0 fully saturated rings. The van der Waals surface area contributed by atoms with E-state index in [1.807, 2.05) is 6.92 Å². The van der Waals surface area contributed by atoms with E-state index in [2.05, 4.69) is 5.32 Å². The summed E-state index contributed by atoms with van der Waals surface area (Å²) in [5, 5.41) is 11.5. The zero-order chi connectivity index (χ0) is 14.4. The molecule has 1 unspecified atom stereocenters. The van der Waals surface area contributed by atoms with Crippen molar-refractivity contribution in [2.24, 2.45) is 0 Å². The predicted molar refractivity (Wildman–Crippen MR) is 71.2 cm³/mol. The van der Waals surface area contributed by atoms with Crippen LogP contribution in [-0.4, -0.2) is 30.1 Å². The first kappa shape index (κ1) is 14.8. The molecule has 0 spiro atoms. The summed E-state index contributed by atoms with van der Waals surface area (Å²) < 4.78 is 5.06. The van der Waals surface area contributed by atoms with E-state index in [-0.39, 0.29) is 5.56 Å². The van der Waals surface area contributed by atoms with E-state index in [0.29, 0.717) is 24.3 Å². The second kappa shape index (κ2) is 6.63. The van der Waals surface area contributed by atoms with Gasteiger partial charge in [0.05, 0.1) is 12.7 Å². The van der Waals surface area contributed by atoms with Gasteiger partial charge >= 0.3 is 5.97 Å². The van der Waals surface area contributed by atoms with Gasteiger partial charge in [-0.2, -0.15) is 0 Å². The number of anilines is 1. The van der Waals surface area contributed by atoms with Gasteiger partial charge in [-0.1, -0.05) is 13.3 Å². The van der Waals surface area contributed by atoms with Crippen LogP contribution in [0, 0.1) is 0 Å². The molecule has 6 heteroatoms. The average molecular weight is 266 g/mol. The molecule has 0 radical (unpaired) electrons. The number of carboxylic acids is 1. The zero-order valence-corrected chi connectivity index (χ0v) is 11.0. The summed E-state index contributed by atoms with van der Waals surface area (Å²) in [6.07, 6.45) is 1.04. The summed E-state index contributed by atoms with van der Waals surface area (Å²) >= 11 is 0. The summed E-state index contributed by atoms with van der Waals surface area (Å²) in [6, 6.07) is 3.69. The molecule has 1 aromatic rings. The smallest absolute Gasteiger partial charge is 0.326 e. The first-order chi connectivity index (χ1) is 8.99. The largest absolute Gasteiger partial charge is 0.496 e. The van der Waals surface area contributed by atoms with Crippen LogP contribution in [0.25, 0.3) is 0 Å². The number of carboxylic acid groups (broad SMARTS) is 1. The van der Waals surface area contributed by atoms with Crippen molar-refractivity contribution in [2.45, 2.75) is 25.8 Å². The van der Waals surface area contributed by atoms with Crippen LogP contribution < -0.4 is 15.8 Å². The molecule has 19 heavy (non-hydrogen) atoms. The number of carbonyl (C=O) groups is 2. The molecule has 0 aromatic heterocycles. The molecule has 0 aliphatic heterocycles. The Balaban J connectivity index is 2.91. The summed E-state index contributed by atoms with van der Waals surface area (Å²) in [5.74, 6) is -1.22. The lowest BCUT2D eigenvalue weighted by Crippen LogP contribution is -2.40. The Morgan fingerprint density at radius 2 is 2.16 bits per heavy atom. The van der Waals surface area contributed by atoms with Crippen molar-refractivity contribution >= 4 is 17.6 Å². The van der Waals surface area contributed by atoms with E-state index in [1.54, 1.807) is 6.07 Å². The van der Waals surface area contributed by atoms with Crippen LogP contribution in [0.15, 0.2) is 18.2 Å². The maximum atomic E-state index is 12.0. The molecule has 0 saturated carbocycles. The van der Waals surface area contributed by atoms with Crippen molar-refractivity contribution in [1.82, 2.24) is 5.32 Å². The number of carbonyl (C=O) groups excluding carboxylic acids is 1. The Morgan fingerprint density at radius 1 is 1.47 bits per heavy atom. The quantitative estimate of drug-likeness (QED) is 0.673. The second-order valence-electron chi connectivity index (χ2n) is 4.11. The van der Waals surface area contributed by atoms with Gasteiger partial charge in [0.1, 0.15) is 11.8 Å². The first-order valence-electron chi connectivity index (χ1n) is 5.96. The summed E-state index contributed by atoms with van der Waals surface area (Å²) in [7, 11) is 1.42. The molecular weight excluding hydrogens is 248 g/mol. The molecule has 0 bridgehead atoms. The normalized spacial score (nSPS) is 11.7. The SMILES string of the molecule is CCCC(NC(=O)c1ccc(N)cc1OC)C(=O)O. The molecule has 0 saturated heterocycles. The van der Waals surface area contributed by atoms with Gasteiger partial charge in [-0.05, 0) is 18.6 Å². The van der Waals surface area contributed by atoms with Gasteiger partial charge in [0.2, 0.25) is 0 Å². The minimum atomic E-state index is -1.05. The van der Waals surface area contributed by atoms with Gasteiger partial charge in [-0.15, -0.1) is 0 Å². The maximum Gasteiger partial charge on any atom is 0.326 e. The minimum Gasteiger partial charge on any atom is -0.496 e. The fourth-order valence-electron chi connectivity index (χ4n) is 1.68. The maximum absolute atomic E-state index is 12.0. The van der Waals surface area contributed by atoms with E-state index in [1.165, 1.54) is 19.2 Å².